The van der Waals surface area contributed by atoms with Crippen molar-refractivity contribution in [2.24, 2.45) is 0 Å². The average Bonchev–Trinajstić information content (AvgIpc) is 1.65. The van der Waals surface area contributed by atoms with Gasteiger partial charge in [-0.3, -0.25) is 0 Å². The molecule has 0 aromatic heterocycles. The Morgan fingerprint density at radius 1 is 1.83 bits per heavy atom. The van der Waals surface area contributed by atoms with Crippen LogP contribution in [0.1, 0.15) is 20.3 Å². The van der Waals surface area contributed by atoms with Gasteiger partial charge in [0.1, 0.15) is 0 Å². The number of rotatable bonds is 2. The molecule has 2 heteroatoms. The summed E-state index contributed by atoms with van der Waals surface area (Å²) in [6, 6.07) is 0. The zero-order chi connectivity index (χ0) is 4.99. The van der Waals surface area contributed by atoms with Gasteiger partial charge in [0.25, 0.3) is 0 Å². The first-order valence-corrected chi connectivity index (χ1v) is 4.05. The van der Waals surface area contributed by atoms with Crippen LogP contribution in [0.2, 0.25) is 0 Å². The fraction of sp³-hybridized carbons (Fsp3) is 1.00. The minimum atomic E-state index is 0.519. The van der Waals surface area contributed by atoms with Crippen molar-refractivity contribution in [2.45, 2.75) is 26.4 Å². The van der Waals surface area contributed by atoms with Gasteiger partial charge < -0.3 is 0 Å². The van der Waals surface area contributed by atoms with Crippen LogP contribution in [0.4, 0.5) is 0 Å². The first-order valence-electron chi connectivity index (χ1n) is 2.34. The molecule has 1 atom stereocenters. The van der Waals surface area contributed by atoms with E-state index in [0.717, 1.165) is 6.42 Å². The molecule has 0 rings (SSSR count). The van der Waals surface area contributed by atoms with Crippen molar-refractivity contribution in [3.63, 3.8) is 0 Å². The van der Waals surface area contributed by atoms with E-state index in [9.17, 15) is 0 Å². The Morgan fingerprint density at radius 2 is 2.33 bits per heavy atom. The molecule has 0 bridgehead atoms. The second-order valence-corrected chi connectivity index (χ2v) is 2.44. The van der Waals surface area contributed by atoms with Gasteiger partial charge in [-0.25, -0.2) is 0 Å². The molecule has 0 aromatic carbocycles. The molecule has 6 heavy (non-hydrogen) atoms. The van der Waals surface area contributed by atoms with Gasteiger partial charge in [0.15, 0.2) is 0 Å². The molecule has 0 N–H and O–H groups in total. The van der Waals surface area contributed by atoms with Crippen molar-refractivity contribution in [2.75, 3.05) is 0 Å². The zero-order valence-corrected chi connectivity index (χ0v) is 8.89. The van der Waals surface area contributed by atoms with E-state index >= 15 is 0 Å². The Bertz CT molecular complexity index is 26.7. The number of hydrogen-bond acceptors (Lipinski definition) is 1. The molecule has 0 aliphatic rings. The number of hydrogen-bond donors (Lipinski definition) is 0. The summed E-state index contributed by atoms with van der Waals surface area (Å²) < 4.78 is 5.09. The summed E-state index contributed by atoms with van der Waals surface area (Å²) in [6.07, 6.45) is 1.67. The van der Waals surface area contributed by atoms with E-state index in [-0.39, 0.29) is 0 Å². The van der Waals surface area contributed by atoms with Crippen LogP contribution in [0, 0.1) is 0 Å². The van der Waals surface area contributed by atoms with Crippen molar-refractivity contribution in [3.05, 3.63) is 0 Å². The van der Waals surface area contributed by atoms with Crippen LogP contribution in [-0.2, 0) is 3.76 Å². The Kier molecular flexibility index (Phi) is 3.99. The van der Waals surface area contributed by atoms with Gasteiger partial charge in [-0.1, -0.05) is 0 Å². The van der Waals surface area contributed by atoms with Gasteiger partial charge in [0, 0.05) is 0 Å². The molecular weight excluding hydrogens is 137 g/mol. The Morgan fingerprint density at radius 3 is 2.33 bits per heavy atom. The van der Waals surface area contributed by atoms with Crippen LogP contribution in [-0.4, -0.2) is 23.0 Å². The van der Waals surface area contributed by atoms with Crippen LogP contribution in [0.5, 0.6) is 0 Å². The van der Waals surface area contributed by atoms with Crippen molar-refractivity contribution in [3.8, 4) is 0 Å². The summed E-state index contributed by atoms with van der Waals surface area (Å²) in [5.74, 6) is 0. The van der Waals surface area contributed by atoms with Gasteiger partial charge in [-0.2, -0.15) is 0 Å². The van der Waals surface area contributed by atoms with E-state index in [4.69, 9.17) is 3.76 Å². The van der Waals surface area contributed by atoms with Crippen LogP contribution in [0.15, 0.2) is 0 Å². The monoisotopic (exact) mass is 150 g/mol. The normalized spacial score (nSPS) is 15.0. The minimum absolute atomic E-state index is 0.519. The molecule has 0 aliphatic heterocycles. The fourth-order valence-electron chi connectivity index (χ4n) is 0.167. The zero-order valence-electron chi connectivity index (χ0n) is 4.69. The van der Waals surface area contributed by atoms with Gasteiger partial charge >= 0.3 is 47.0 Å². The topological polar surface area (TPSA) is 9.23 Å². The summed E-state index contributed by atoms with van der Waals surface area (Å²) in [5, 5.41) is 0. The predicted octanol–water partition coefficient (Wildman–Crippen LogP) is 0.0819. The van der Waals surface area contributed by atoms with E-state index in [1.807, 2.05) is 0 Å². The van der Waals surface area contributed by atoms with E-state index in [1.165, 1.54) is 0 Å². The third kappa shape index (κ3) is 2.72. The molecule has 0 aliphatic carbocycles. The van der Waals surface area contributed by atoms with E-state index in [0.29, 0.717) is 23.0 Å². The Labute approximate surface area is 47.6 Å². The van der Waals surface area contributed by atoms with E-state index in [2.05, 4.69) is 13.8 Å². The van der Waals surface area contributed by atoms with Crippen LogP contribution < -0.4 is 0 Å². The van der Waals surface area contributed by atoms with Crippen LogP contribution in [0.3, 0.4) is 0 Å². The molecule has 0 radical (unpaired) electrons. The third-order valence-corrected chi connectivity index (χ3v) is 2.67. The van der Waals surface area contributed by atoms with Crippen molar-refractivity contribution in [1.82, 2.24) is 0 Å². The fourth-order valence-corrected chi connectivity index (χ4v) is 0.866. The summed E-state index contributed by atoms with van der Waals surface area (Å²) in [6.45, 7) is 4.24. The molecule has 0 amide bonds. The average molecular weight is 149 g/mol. The molecule has 0 fully saturated rings. The van der Waals surface area contributed by atoms with Gasteiger partial charge in [0.2, 0.25) is 0 Å². The summed E-state index contributed by atoms with van der Waals surface area (Å²) in [4.78, 5) is 0. The second-order valence-electron chi connectivity index (χ2n) is 1.45. The van der Waals surface area contributed by atoms with Crippen molar-refractivity contribution < 1.29 is 3.76 Å². The molecule has 0 spiro atoms. The molecule has 1 unspecified atom stereocenters. The van der Waals surface area contributed by atoms with E-state index < -0.39 is 0 Å². The SMILES string of the molecule is CCC(C)[O][GeH3]. The van der Waals surface area contributed by atoms with E-state index in [1.54, 1.807) is 0 Å². The summed E-state index contributed by atoms with van der Waals surface area (Å²) in [5.41, 5.74) is 0. The maximum absolute atomic E-state index is 5.09. The molecule has 0 heterocycles. The summed E-state index contributed by atoms with van der Waals surface area (Å²) >= 11 is 0.586. The van der Waals surface area contributed by atoms with Gasteiger partial charge in [0.05, 0.1) is 0 Å². The standard InChI is InChI=1S/C4H12GeO/c1-3-4(2)6-5/h4H,3H2,1-2,5H3. The van der Waals surface area contributed by atoms with Crippen molar-refractivity contribution in [1.29, 1.82) is 0 Å². The quantitative estimate of drug-likeness (QED) is 0.505. The van der Waals surface area contributed by atoms with Gasteiger partial charge in [-0.05, 0) is 0 Å². The second kappa shape index (κ2) is 3.68. The predicted molar refractivity (Wildman–Crippen MR) is 30.8 cm³/mol. The van der Waals surface area contributed by atoms with Crippen LogP contribution >= 0.6 is 0 Å². The molecule has 38 valence electrons. The first kappa shape index (κ1) is 6.50. The van der Waals surface area contributed by atoms with Crippen molar-refractivity contribution >= 4 is 16.9 Å². The first-order chi connectivity index (χ1) is 2.81. The molecule has 0 aromatic rings. The molecule has 0 saturated heterocycles. The Balaban J connectivity index is 2.75. The molecule has 0 saturated carbocycles. The Hall–Kier alpha value is 0.503. The maximum atomic E-state index is 5.09. The summed E-state index contributed by atoms with van der Waals surface area (Å²) in [7, 11) is 0. The third-order valence-electron chi connectivity index (χ3n) is 0.977. The van der Waals surface area contributed by atoms with Gasteiger partial charge in [-0.15, -0.1) is 0 Å². The van der Waals surface area contributed by atoms with Crippen LogP contribution in [0.25, 0.3) is 0 Å². The molecule has 1 nitrogen and oxygen atoms in total. The molecular formula is C4H12GeO.